The number of benzene rings is 1. The fraction of sp³-hybridized carbons (Fsp3) is 0.111. The fourth-order valence-corrected chi connectivity index (χ4v) is 0.687. The number of methoxy groups -OCH3 is 1. The molecule has 58 valence electrons. The summed E-state index contributed by atoms with van der Waals surface area (Å²) in [5, 5.41) is 0. The van der Waals surface area contributed by atoms with Gasteiger partial charge in [-0.25, -0.2) is 0 Å². The Labute approximate surface area is 80.4 Å². The van der Waals surface area contributed by atoms with Crippen LogP contribution in [0.1, 0.15) is 5.56 Å². The SMILES string of the molecule is C#Cc1ccc(OC)cc1.[Pd+2]. The molecule has 1 aromatic carbocycles. The summed E-state index contributed by atoms with van der Waals surface area (Å²) in [6, 6.07) is 7.38. The second-order valence-electron chi connectivity index (χ2n) is 1.87. The molecular formula is C9H8OPd+2. The molecule has 0 heterocycles. The smallest absolute Gasteiger partial charge is 0.497 e. The molecule has 0 amide bonds. The van der Waals surface area contributed by atoms with Crippen LogP contribution >= 0.6 is 0 Å². The van der Waals surface area contributed by atoms with E-state index in [2.05, 4.69) is 5.92 Å². The molecule has 0 aliphatic carbocycles. The minimum absolute atomic E-state index is 0. The van der Waals surface area contributed by atoms with Crippen LogP contribution in [0.15, 0.2) is 24.3 Å². The van der Waals surface area contributed by atoms with E-state index in [4.69, 9.17) is 11.2 Å². The monoisotopic (exact) mass is 238 g/mol. The van der Waals surface area contributed by atoms with Crippen LogP contribution in [0, 0.1) is 12.3 Å². The molecule has 0 aliphatic heterocycles. The second-order valence-corrected chi connectivity index (χ2v) is 1.87. The zero-order valence-corrected chi connectivity index (χ0v) is 7.67. The first-order valence-corrected chi connectivity index (χ1v) is 2.97. The Hall–Kier alpha value is -0.758. The van der Waals surface area contributed by atoms with Crippen LogP contribution in [-0.4, -0.2) is 7.11 Å². The van der Waals surface area contributed by atoms with Gasteiger partial charge in [-0.2, -0.15) is 0 Å². The largest absolute Gasteiger partial charge is 2.00 e. The summed E-state index contributed by atoms with van der Waals surface area (Å²) in [7, 11) is 1.63. The molecular weight excluding hydrogens is 231 g/mol. The fourth-order valence-electron chi connectivity index (χ4n) is 0.687. The molecule has 0 aromatic heterocycles. The summed E-state index contributed by atoms with van der Waals surface area (Å²) in [6.07, 6.45) is 5.15. The first kappa shape index (κ1) is 10.2. The Balaban J connectivity index is 0.000001000. The van der Waals surface area contributed by atoms with Crippen LogP contribution in [0.4, 0.5) is 0 Å². The first-order valence-electron chi connectivity index (χ1n) is 2.97. The van der Waals surface area contributed by atoms with Crippen molar-refractivity contribution >= 4 is 0 Å². The van der Waals surface area contributed by atoms with Gasteiger partial charge in [-0.05, 0) is 24.3 Å². The molecule has 0 fully saturated rings. The van der Waals surface area contributed by atoms with Gasteiger partial charge in [-0.15, -0.1) is 6.42 Å². The molecule has 0 spiro atoms. The van der Waals surface area contributed by atoms with Crippen molar-refractivity contribution in [2.45, 2.75) is 0 Å². The molecule has 0 atom stereocenters. The summed E-state index contributed by atoms with van der Waals surface area (Å²) in [4.78, 5) is 0. The third-order valence-electron chi connectivity index (χ3n) is 1.26. The van der Waals surface area contributed by atoms with E-state index < -0.39 is 0 Å². The molecule has 11 heavy (non-hydrogen) atoms. The van der Waals surface area contributed by atoms with E-state index in [0.717, 1.165) is 11.3 Å². The number of hydrogen-bond acceptors (Lipinski definition) is 1. The van der Waals surface area contributed by atoms with Gasteiger partial charge >= 0.3 is 20.4 Å². The Morgan fingerprint density at radius 2 is 1.82 bits per heavy atom. The Morgan fingerprint density at radius 3 is 2.18 bits per heavy atom. The summed E-state index contributed by atoms with van der Waals surface area (Å²) < 4.78 is 4.95. The summed E-state index contributed by atoms with van der Waals surface area (Å²) in [6.45, 7) is 0. The number of ether oxygens (including phenoxy) is 1. The Morgan fingerprint density at radius 1 is 1.27 bits per heavy atom. The van der Waals surface area contributed by atoms with E-state index in [0.29, 0.717) is 0 Å². The maximum Gasteiger partial charge on any atom is 2.00 e. The molecule has 0 saturated carbocycles. The van der Waals surface area contributed by atoms with Crippen molar-refractivity contribution in [1.29, 1.82) is 0 Å². The van der Waals surface area contributed by atoms with Gasteiger partial charge in [-0.3, -0.25) is 0 Å². The quantitative estimate of drug-likeness (QED) is 0.534. The predicted octanol–water partition coefficient (Wildman–Crippen LogP) is 1.67. The summed E-state index contributed by atoms with van der Waals surface area (Å²) in [5.41, 5.74) is 0.876. The van der Waals surface area contributed by atoms with Crippen molar-refractivity contribution in [1.82, 2.24) is 0 Å². The molecule has 1 nitrogen and oxygen atoms in total. The molecule has 0 bridgehead atoms. The van der Waals surface area contributed by atoms with Crippen molar-refractivity contribution in [3.8, 4) is 18.1 Å². The van der Waals surface area contributed by atoms with Gasteiger partial charge in [0, 0.05) is 5.56 Å². The van der Waals surface area contributed by atoms with E-state index in [1.54, 1.807) is 7.11 Å². The summed E-state index contributed by atoms with van der Waals surface area (Å²) in [5.74, 6) is 3.36. The Bertz CT molecular complexity index is 245. The topological polar surface area (TPSA) is 9.23 Å². The van der Waals surface area contributed by atoms with Crippen molar-refractivity contribution in [2.24, 2.45) is 0 Å². The van der Waals surface area contributed by atoms with Crippen molar-refractivity contribution in [3.63, 3.8) is 0 Å². The van der Waals surface area contributed by atoms with Gasteiger partial charge in [0.1, 0.15) is 5.75 Å². The van der Waals surface area contributed by atoms with Gasteiger partial charge in [-0.1, -0.05) is 5.92 Å². The molecule has 1 aromatic rings. The van der Waals surface area contributed by atoms with E-state index >= 15 is 0 Å². The van der Waals surface area contributed by atoms with E-state index in [1.165, 1.54) is 0 Å². The zero-order chi connectivity index (χ0) is 7.40. The average Bonchev–Trinajstić information content (AvgIpc) is 2.05. The van der Waals surface area contributed by atoms with E-state index in [1.807, 2.05) is 24.3 Å². The molecule has 2 heteroatoms. The van der Waals surface area contributed by atoms with Crippen LogP contribution in [0.2, 0.25) is 0 Å². The molecule has 1 rings (SSSR count). The van der Waals surface area contributed by atoms with Gasteiger partial charge in [0.05, 0.1) is 7.11 Å². The van der Waals surface area contributed by atoms with Crippen molar-refractivity contribution in [3.05, 3.63) is 29.8 Å². The second kappa shape index (κ2) is 4.97. The van der Waals surface area contributed by atoms with Crippen LogP contribution in [-0.2, 0) is 20.4 Å². The van der Waals surface area contributed by atoms with Crippen LogP contribution in [0.25, 0.3) is 0 Å². The van der Waals surface area contributed by atoms with Crippen LogP contribution < -0.4 is 4.74 Å². The van der Waals surface area contributed by atoms with E-state index in [-0.39, 0.29) is 20.4 Å². The maximum absolute atomic E-state index is 5.15. The number of terminal acetylenes is 1. The normalized spacial score (nSPS) is 7.64. The number of hydrogen-bond donors (Lipinski definition) is 0. The van der Waals surface area contributed by atoms with Crippen LogP contribution in [0.3, 0.4) is 0 Å². The van der Waals surface area contributed by atoms with E-state index in [9.17, 15) is 0 Å². The average molecular weight is 239 g/mol. The minimum atomic E-state index is 0. The third kappa shape index (κ3) is 2.76. The van der Waals surface area contributed by atoms with Gasteiger partial charge in [0.2, 0.25) is 0 Å². The number of rotatable bonds is 1. The van der Waals surface area contributed by atoms with Gasteiger partial charge in [0.25, 0.3) is 0 Å². The van der Waals surface area contributed by atoms with Gasteiger partial charge in [0.15, 0.2) is 0 Å². The van der Waals surface area contributed by atoms with Crippen molar-refractivity contribution < 1.29 is 25.2 Å². The standard InChI is InChI=1S/C9H8O.Pd/c1-3-8-4-6-9(10-2)7-5-8;/h1,4-7H,2H3;/q;+2. The van der Waals surface area contributed by atoms with Crippen LogP contribution in [0.5, 0.6) is 5.75 Å². The zero-order valence-electron chi connectivity index (χ0n) is 6.11. The predicted molar refractivity (Wildman–Crippen MR) is 40.9 cm³/mol. The van der Waals surface area contributed by atoms with Gasteiger partial charge < -0.3 is 4.74 Å². The maximum atomic E-state index is 5.15. The first-order chi connectivity index (χ1) is 4.86. The molecule has 0 unspecified atom stereocenters. The molecule has 0 radical (unpaired) electrons. The van der Waals surface area contributed by atoms with Crippen molar-refractivity contribution in [2.75, 3.05) is 7.11 Å². The molecule has 0 saturated heterocycles. The minimum Gasteiger partial charge on any atom is -0.497 e. The summed E-state index contributed by atoms with van der Waals surface area (Å²) >= 11 is 0. The molecule has 0 aliphatic rings. The Kier molecular flexibility index (Phi) is 4.63. The third-order valence-corrected chi connectivity index (χ3v) is 1.26. The molecule has 0 N–H and O–H groups in total.